The molecule has 0 aromatic heterocycles. The SMILES string of the molecule is CCC(C)N(CC)CC(O)(CC)CC. The number of nitrogens with zero attached hydrogens (tertiary/aromatic N) is 1. The number of hydrogen-bond donors (Lipinski definition) is 1. The van der Waals surface area contributed by atoms with Crippen LogP contribution >= 0.6 is 0 Å². The van der Waals surface area contributed by atoms with Crippen molar-refractivity contribution in [2.45, 2.75) is 65.5 Å². The Morgan fingerprint density at radius 1 is 1.14 bits per heavy atom. The number of rotatable bonds is 7. The van der Waals surface area contributed by atoms with E-state index in [2.05, 4.69) is 39.5 Å². The van der Waals surface area contributed by atoms with Crippen molar-refractivity contribution in [3.8, 4) is 0 Å². The standard InChI is InChI=1S/C12H27NO/c1-6-11(5)13(9-4)10-12(14,7-2)8-3/h11,14H,6-10H2,1-5H3. The average molecular weight is 201 g/mol. The molecule has 1 unspecified atom stereocenters. The number of hydrogen-bond acceptors (Lipinski definition) is 2. The third kappa shape index (κ3) is 3.97. The highest BCUT2D eigenvalue weighted by atomic mass is 16.3. The number of aliphatic hydroxyl groups is 1. The van der Waals surface area contributed by atoms with Crippen LogP contribution in [0.1, 0.15) is 53.9 Å². The van der Waals surface area contributed by atoms with E-state index in [1.807, 2.05) is 0 Å². The van der Waals surface area contributed by atoms with Crippen LogP contribution in [-0.2, 0) is 0 Å². The van der Waals surface area contributed by atoms with Crippen molar-refractivity contribution in [3.63, 3.8) is 0 Å². The van der Waals surface area contributed by atoms with Crippen LogP contribution in [0.15, 0.2) is 0 Å². The lowest BCUT2D eigenvalue weighted by Gasteiger charge is -2.35. The van der Waals surface area contributed by atoms with Gasteiger partial charge in [-0.3, -0.25) is 4.90 Å². The zero-order valence-corrected chi connectivity index (χ0v) is 10.5. The maximum Gasteiger partial charge on any atom is 0.0769 e. The first-order valence-electron chi connectivity index (χ1n) is 5.99. The second-order valence-electron chi connectivity index (χ2n) is 4.25. The molecule has 0 bridgehead atoms. The zero-order chi connectivity index (χ0) is 11.2. The van der Waals surface area contributed by atoms with Crippen molar-refractivity contribution in [1.82, 2.24) is 4.90 Å². The van der Waals surface area contributed by atoms with Gasteiger partial charge in [-0.2, -0.15) is 0 Å². The van der Waals surface area contributed by atoms with Crippen LogP contribution in [-0.4, -0.2) is 34.7 Å². The summed E-state index contributed by atoms with van der Waals surface area (Å²) in [6.45, 7) is 12.6. The summed E-state index contributed by atoms with van der Waals surface area (Å²) in [6.07, 6.45) is 2.84. The second-order valence-corrected chi connectivity index (χ2v) is 4.25. The first-order valence-corrected chi connectivity index (χ1v) is 5.99. The molecule has 0 saturated carbocycles. The van der Waals surface area contributed by atoms with Gasteiger partial charge in [0, 0.05) is 12.6 Å². The summed E-state index contributed by atoms with van der Waals surface area (Å²) in [5.74, 6) is 0. The summed E-state index contributed by atoms with van der Waals surface area (Å²) >= 11 is 0. The molecule has 0 heterocycles. The van der Waals surface area contributed by atoms with E-state index < -0.39 is 5.60 Å². The van der Waals surface area contributed by atoms with E-state index in [9.17, 15) is 5.11 Å². The van der Waals surface area contributed by atoms with Crippen LogP contribution in [0, 0.1) is 0 Å². The molecule has 0 amide bonds. The fourth-order valence-corrected chi connectivity index (χ4v) is 1.69. The van der Waals surface area contributed by atoms with Crippen molar-refractivity contribution < 1.29 is 5.11 Å². The lowest BCUT2D eigenvalue weighted by molar-refractivity contribution is -0.0121. The molecule has 2 heteroatoms. The first kappa shape index (κ1) is 13.9. The molecule has 0 aromatic rings. The van der Waals surface area contributed by atoms with Gasteiger partial charge in [0.15, 0.2) is 0 Å². The Bertz CT molecular complexity index is 143. The fraction of sp³-hybridized carbons (Fsp3) is 1.00. The van der Waals surface area contributed by atoms with Crippen molar-refractivity contribution >= 4 is 0 Å². The average Bonchev–Trinajstić information content (AvgIpc) is 2.24. The lowest BCUT2D eigenvalue weighted by Crippen LogP contribution is -2.45. The summed E-state index contributed by atoms with van der Waals surface area (Å²) in [4.78, 5) is 2.37. The van der Waals surface area contributed by atoms with Gasteiger partial charge in [-0.1, -0.05) is 27.7 Å². The molecule has 0 aliphatic carbocycles. The van der Waals surface area contributed by atoms with E-state index in [4.69, 9.17) is 0 Å². The highest BCUT2D eigenvalue weighted by Crippen LogP contribution is 2.18. The Labute approximate surface area is 89.3 Å². The molecule has 0 spiro atoms. The molecule has 0 aliphatic heterocycles. The molecule has 14 heavy (non-hydrogen) atoms. The second kappa shape index (κ2) is 6.41. The third-order valence-electron chi connectivity index (χ3n) is 3.43. The van der Waals surface area contributed by atoms with Crippen molar-refractivity contribution in [3.05, 3.63) is 0 Å². The summed E-state index contributed by atoms with van der Waals surface area (Å²) in [6, 6.07) is 0.574. The van der Waals surface area contributed by atoms with E-state index in [1.54, 1.807) is 0 Å². The van der Waals surface area contributed by atoms with Crippen LogP contribution < -0.4 is 0 Å². The summed E-state index contributed by atoms with van der Waals surface area (Å²) < 4.78 is 0. The molecule has 1 N–H and O–H groups in total. The highest BCUT2D eigenvalue weighted by molar-refractivity contribution is 4.81. The monoisotopic (exact) mass is 201 g/mol. The van der Waals surface area contributed by atoms with Gasteiger partial charge < -0.3 is 5.11 Å². The van der Waals surface area contributed by atoms with Crippen LogP contribution in [0.4, 0.5) is 0 Å². The van der Waals surface area contributed by atoms with E-state index in [0.29, 0.717) is 6.04 Å². The molecule has 2 nitrogen and oxygen atoms in total. The fourth-order valence-electron chi connectivity index (χ4n) is 1.69. The predicted octanol–water partition coefficient (Wildman–Crippen LogP) is 2.66. The van der Waals surface area contributed by atoms with Crippen molar-refractivity contribution in [1.29, 1.82) is 0 Å². The van der Waals surface area contributed by atoms with Crippen LogP contribution in [0.2, 0.25) is 0 Å². The van der Waals surface area contributed by atoms with E-state index in [0.717, 1.165) is 32.4 Å². The molecular formula is C12H27NO. The van der Waals surface area contributed by atoms with Gasteiger partial charge in [-0.05, 0) is 32.7 Å². The molecular weight excluding hydrogens is 174 g/mol. The summed E-state index contributed by atoms with van der Waals surface area (Å²) in [7, 11) is 0. The molecule has 0 aromatic carbocycles. The summed E-state index contributed by atoms with van der Waals surface area (Å²) in [5, 5.41) is 10.2. The zero-order valence-electron chi connectivity index (χ0n) is 10.5. The third-order valence-corrected chi connectivity index (χ3v) is 3.43. The van der Waals surface area contributed by atoms with Gasteiger partial charge in [0.2, 0.25) is 0 Å². The maximum atomic E-state index is 10.2. The largest absolute Gasteiger partial charge is 0.389 e. The van der Waals surface area contributed by atoms with Gasteiger partial charge in [-0.25, -0.2) is 0 Å². The topological polar surface area (TPSA) is 23.5 Å². The van der Waals surface area contributed by atoms with E-state index >= 15 is 0 Å². The van der Waals surface area contributed by atoms with Crippen molar-refractivity contribution in [2.24, 2.45) is 0 Å². The Hall–Kier alpha value is -0.0800. The lowest BCUT2D eigenvalue weighted by atomic mass is 9.96. The molecule has 1 atom stereocenters. The van der Waals surface area contributed by atoms with Gasteiger partial charge in [0.05, 0.1) is 5.60 Å². The predicted molar refractivity (Wildman–Crippen MR) is 62.5 cm³/mol. The Morgan fingerprint density at radius 2 is 1.64 bits per heavy atom. The minimum atomic E-state index is -0.487. The smallest absolute Gasteiger partial charge is 0.0769 e. The Balaban J connectivity index is 4.28. The van der Waals surface area contributed by atoms with E-state index in [1.165, 1.54) is 0 Å². The van der Waals surface area contributed by atoms with Gasteiger partial charge in [-0.15, -0.1) is 0 Å². The van der Waals surface area contributed by atoms with Crippen LogP contribution in [0.3, 0.4) is 0 Å². The minimum absolute atomic E-state index is 0.487. The van der Waals surface area contributed by atoms with Gasteiger partial charge in [0.1, 0.15) is 0 Å². The molecule has 0 saturated heterocycles. The first-order chi connectivity index (χ1) is 6.52. The van der Waals surface area contributed by atoms with Crippen molar-refractivity contribution in [2.75, 3.05) is 13.1 Å². The van der Waals surface area contributed by atoms with Crippen LogP contribution in [0.25, 0.3) is 0 Å². The van der Waals surface area contributed by atoms with E-state index in [-0.39, 0.29) is 0 Å². The minimum Gasteiger partial charge on any atom is -0.389 e. The molecule has 0 radical (unpaired) electrons. The quantitative estimate of drug-likeness (QED) is 0.684. The number of likely N-dealkylation sites (N-methyl/N-ethyl adjacent to an activating group) is 1. The van der Waals surface area contributed by atoms with Crippen LogP contribution in [0.5, 0.6) is 0 Å². The Kier molecular flexibility index (Phi) is 6.38. The van der Waals surface area contributed by atoms with Gasteiger partial charge >= 0.3 is 0 Å². The normalized spacial score (nSPS) is 14.8. The molecule has 86 valence electrons. The highest BCUT2D eigenvalue weighted by Gasteiger charge is 2.26. The molecule has 0 fully saturated rings. The molecule has 0 aliphatic rings. The summed E-state index contributed by atoms with van der Waals surface area (Å²) in [5.41, 5.74) is -0.487. The maximum absolute atomic E-state index is 10.2. The molecule has 0 rings (SSSR count). The van der Waals surface area contributed by atoms with Gasteiger partial charge in [0.25, 0.3) is 0 Å². The Morgan fingerprint density at radius 3 is 1.93 bits per heavy atom.